The Morgan fingerprint density at radius 2 is 1.38 bits per heavy atom. The fourth-order valence-corrected chi connectivity index (χ4v) is 29.1. The van der Waals surface area contributed by atoms with E-state index in [-0.39, 0.29) is 24.8 Å². The Kier molecular flexibility index (Phi) is 8.17. The summed E-state index contributed by atoms with van der Waals surface area (Å²) in [6.07, 6.45) is 16.6. The Labute approximate surface area is 120 Å². The molecule has 0 fully saturated rings. The molecule has 0 radical (unpaired) electrons. The molecule has 0 bridgehead atoms. The monoisotopic (exact) mass is 439 g/mol. The molecule has 0 unspecified atom stereocenters. The van der Waals surface area contributed by atoms with Crippen LogP contribution in [0.25, 0.3) is 0 Å². The summed E-state index contributed by atoms with van der Waals surface area (Å²) in [5.41, 5.74) is 0. The smallest absolute Gasteiger partial charge is 1.00 e. The van der Waals surface area contributed by atoms with Crippen molar-refractivity contribution in [3.8, 4) is 0 Å². The van der Waals surface area contributed by atoms with Crippen molar-refractivity contribution in [1.82, 2.24) is 0 Å². The van der Waals surface area contributed by atoms with E-state index in [1.807, 2.05) is 6.66 Å². The number of hydrogen-bond donors (Lipinski definition) is 0. The third kappa shape index (κ3) is 3.83. The van der Waals surface area contributed by atoms with Gasteiger partial charge in [-0.15, -0.1) is 0 Å². The fourth-order valence-electron chi connectivity index (χ4n) is 2.24. The first-order chi connectivity index (χ1) is 6.79. The van der Waals surface area contributed by atoms with Gasteiger partial charge in [0.05, 0.1) is 0 Å². The minimum Gasteiger partial charge on any atom is -1.00 e. The number of hydrogen-bond acceptors (Lipinski definition) is 0. The summed E-state index contributed by atoms with van der Waals surface area (Å²) in [7, 11) is 0. The van der Waals surface area contributed by atoms with E-state index < -0.39 is 26.6 Å². The van der Waals surface area contributed by atoms with Crippen LogP contribution in [0.4, 0.5) is 0 Å². The van der Waals surface area contributed by atoms with E-state index in [4.69, 9.17) is 0 Å². The van der Waals surface area contributed by atoms with Crippen molar-refractivity contribution >= 4 is 5.98 Å². The van der Waals surface area contributed by atoms with E-state index in [2.05, 4.69) is 49.6 Å². The molecule has 2 aliphatic carbocycles. The van der Waals surface area contributed by atoms with Crippen molar-refractivity contribution in [2.45, 2.75) is 25.9 Å². The van der Waals surface area contributed by atoms with Gasteiger partial charge in [0, 0.05) is 0 Å². The Morgan fingerprint density at radius 3 is 1.62 bits per heavy atom. The quantitative estimate of drug-likeness (QED) is 0.420. The van der Waals surface area contributed by atoms with Gasteiger partial charge in [-0.2, -0.15) is 0 Å². The fraction of sp³-hybridized carbons (Fsp3) is 0.333. The maximum atomic E-state index is 2.56. The van der Waals surface area contributed by atoms with Gasteiger partial charge in [0.15, 0.2) is 0 Å². The van der Waals surface area contributed by atoms with Gasteiger partial charge in [-0.1, -0.05) is 0 Å². The van der Waals surface area contributed by atoms with Crippen LogP contribution >= 0.6 is 0 Å². The summed E-state index contributed by atoms with van der Waals surface area (Å²) in [4.78, 5) is 0. The molecule has 0 aliphatic heterocycles. The average Bonchev–Trinajstić information content (AvgIpc) is 2.75. The molecular formula is C12H17Cl2HfSi. The van der Waals surface area contributed by atoms with Crippen molar-refractivity contribution in [2.24, 2.45) is 0 Å². The molecule has 0 saturated heterocycles. The van der Waals surface area contributed by atoms with Crippen molar-refractivity contribution in [3.63, 3.8) is 0 Å². The van der Waals surface area contributed by atoms with Crippen LogP contribution in [-0.2, 0) is 20.6 Å². The third-order valence-corrected chi connectivity index (χ3v) is 30.1. The van der Waals surface area contributed by atoms with Gasteiger partial charge in [-0.25, -0.2) is 0 Å². The topological polar surface area (TPSA) is 0 Å². The Balaban J connectivity index is 0.00000112. The molecule has 0 heterocycles. The van der Waals surface area contributed by atoms with E-state index in [0.29, 0.717) is 0 Å². The molecular weight excluding hydrogens is 422 g/mol. The van der Waals surface area contributed by atoms with Crippen molar-refractivity contribution in [2.75, 3.05) is 0 Å². The van der Waals surface area contributed by atoms with Gasteiger partial charge in [0.2, 0.25) is 0 Å². The summed E-state index contributed by atoms with van der Waals surface area (Å²) in [6.45, 7) is 5.11. The van der Waals surface area contributed by atoms with Crippen LogP contribution < -0.4 is 24.8 Å². The molecule has 0 aromatic carbocycles. The Morgan fingerprint density at radius 1 is 0.938 bits per heavy atom. The largest absolute Gasteiger partial charge is 1.00 e. The summed E-state index contributed by atoms with van der Waals surface area (Å²) in [6, 6.07) is 0. The maximum Gasteiger partial charge on any atom is -1.00 e. The zero-order valence-corrected chi connectivity index (χ0v) is 16.0. The first-order valence-corrected chi connectivity index (χ1v) is 18.1. The van der Waals surface area contributed by atoms with Crippen LogP contribution in [0.5, 0.6) is 0 Å². The standard InChI is InChI=1S/2C5H5.C2H7Si.2ClH.Hf/c2*1-2-4-5-3-1;1-3-2;;;/h2*1-3H,4H2;3H,1-2H3;2*1H;/q;;;;;+2/p-2. The molecule has 0 saturated carbocycles. The molecule has 87 valence electrons. The Bertz CT molecular complexity index is 313. The second-order valence-corrected chi connectivity index (χ2v) is 31.3. The number of halogens is 2. The average molecular weight is 439 g/mol. The molecule has 16 heavy (non-hydrogen) atoms. The molecule has 0 atom stereocenters. The molecule has 2 rings (SSSR count). The summed E-state index contributed by atoms with van der Waals surface area (Å²) in [5.74, 6) is -0.395. The SMILES string of the molecule is C[SiH](C)[Hf+2]([C]1=CC=CC1)[C]1=CC=CC1.[Cl-].[Cl-]. The van der Waals surface area contributed by atoms with Crippen LogP contribution in [0.1, 0.15) is 12.8 Å². The van der Waals surface area contributed by atoms with Crippen molar-refractivity contribution in [3.05, 3.63) is 43.1 Å². The van der Waals surface area contributed by atoms with Gasteiger partial charge in [0.1, 0.15) is 0 Å². The predicted molar refractivity (Wildman–Crippen MR) is 62.6 cm³/mol. The third-order valence-electron chi connectivity index (χ3n) is 2.81. The zero-order valence-electron chi connectivity index (χ0n) is 9.71. The second kappa shape index (κ2) is 7.86. The number of rotatable bonds is 3. The maximum absolute atomic E-state index is 2.56. The van der Waals surface area contributed by atoms with E-state index in [9.17, 15) is 0 Å². The van der Waals surface area contributed by atoms with Crippen molar-refractivity contribution < 1.29 is 45.4 Å². The van der Waals surface area contributed by atoms with Gasteiger partial charge in [-0.3, -0.25) is 0 Å². The molecule has 0 aromatic rings. The minimum atomic E-state index is -1.47. The van der Waals surface area contributed by atoms with Gasteiger partial charge in [-0.05, 0) is 0 Å². The summed E-state index contributed by atoms with van der Waals surface area (Å²) < 4.78 is 3.73. The summed E-state index contributed by atoms with van der Waals surface area (Å²) >= 11 is -1.47. The second-order valence-electron chi connectivity index (χ2n) is 4.22. The van der Waals surface area contributed by atoms with Crippen LogP contribution in [-0.4, -0.2) is 5.98 Å². The van der Waals surface area contributed by atoms with Crippen molar-refractivity contribution in [1.29, 1.82) is 0 Å². The molecule has 0 N–H and O–H groups in total. The first kappa shape index (κ1) is 16.6. The molecule has 4 heteroatoms. The van der Waals surface area contributed by atoms with E-state index in [1.54, 1.807) is 0 Å². The van der Waals surface area contributed by atoms with Crippen LogP contribution in [0.2, 0.25) is 13.1 Å². The molecule has 2 aliphatic rings. The van der Waals surface area contributed by atoms with Crippen LogP contribution in [0.3, 0.4) is 0 Å². The molecule has 0 amide bonds. The van der Waals surface area contributed by atoms with Gasteiger partial charge >= 0.3 is 95.6 Å². The zero-order chi connectivity index (χ0) is 9.97. The first-order valence-electron chi connectivity index (χ1n) is 5.38. The van der Waals surface area contributed by atoms with Gasteiger partial charge in [0.25, 0.3) is 0 Å². The predicted octanol–water partition coefficient (Wildman–Crippen LogP) is -2.72. The van der Waals surface area contributed by atoms with E-state index >= 15 is 0 Å². The summed E-state index contributed by atoms with van der Waals surface area (Å²) in [5, 5.41) is 0. The van der Waals surface area contributed by atoms with Crippen LogP contribution in [0.15, 0.2) is 43.1 Å². The van der Waals surface area contributed by atoms with Gasteiger partial charge < -0.3 is 24.8 Å². The minimum absolute atomic E-state index is 0. The molecule has 0 aromatic heterocycles. The molecule has 0 spiro atoms. The van der Waals surface area contributed by atoms with E-state index in [0.717, 1.165) is 0 Å². The van der Waals surface area contributed by atoms with Crippen LogP contribution in [0, 0.1) is 0 Å². The number of allylic oxidation sites excluding steroid dienone is 8. The normalized spacial score (nSPS) is 16.7. The molecule has 0 nitrogen and oxygen atoms in total. The Hall–Kier alpha value is 0.627. The van der Waals surface area contributed by atoms with E-state index in [1.165, 1.54) is 12.8 Å².